The summed E-state index contributed by atoms with van der Waals surface area (Å²) in [6.45, 7) is 1.68. The van der Waals surface area contributed by atoms with E-state index in [1.54, 1.807) is 43.6 Å². The number of nitrogens with zero attached hydrogens (tertiary/aromatic N) is 2. The number of rotatable bonds is 3. The highest BCUT2D eigenvalue weighted by Crippen LogP contribution is 2.24. The minimum atomic E-state index is -0.344. The third-order valence-electron chi connectivity index (χ3n) is 3.02. The molecule has 0 bridgehead atoms. The van der Waals surface area contributed by atoms with Crippen LogP contribution in [0.2, 0.25) is 0 Å². The molecule has 1 aromatic carbocycles. The lowest BCUT2D eigenvalue weighted by Crippen LogP contribution is -1.95. The van der Waals surface area contributed by atoms with E-state index in [0.717, 1.165) is 0 Å². The van der Waals surface area contributed by atoms with Gasteiger partial charge in [0.1, 0.15) is 29.0 Å². The van der Waals surface area contributed by atoms with Gasteiger partial charge in [0, 0.05) is 30.7 Å². The van der Waals surface area contributed by atoms with Crippen LogP contribution in [0, 0.1) is 18.6 Å². The van der Waals surface area contributed by atoms with Crippen LogP contribution in [0.25, 0.3) is 5.82 Å². The van der Waals surface area contributed by atoms with Crippen molar-refractivity contribution in [3.8, 4) is 17.3 Å². The first-order valence-corrected chi connectivity index (χ1v) is 6.36. The monoisotopic (exact) mass is 286 g/mol. The van der Waals surface area contributed by atoms with Crippen molar-refractivity contribution in [2.75, 3.05) is 0 Å². The minimum absolute atomic E-state index is 0.325. The molecule has 2 aromatic heterocycles. The Morgan fingerprint density at radius 3 is 2.57 bits per heavy atom. The van der Waals surface area contributed by atoms with Crippen LogP contribution in [0.4, 0.5) is 8.78 Å². The molecule has 3 aromatic rings. The Hall–Kier alpha value is -2.69. The molecule has 0 aliphatic carbocycles. The van der Waals surface area contributed by atoms with Gasteiger partial charge in [0.25, 0.3) is 0 Å². The summed E-state index contributed by atoms with van der Waals surface area (Å²) in [5.74, 6) is 0.744. The predicted octanol–water partition coefficient (Wildman–Crippen LogP) is 4.25. The molecule has 0 amide bonds. The van der Waals surface area contributed by atoms with Gasteiger partial charge in [-0.2, -0.15) is 0 Å². The van der Waals surface area contributed by atoms with Crippen LogP contribution in [-0.4, -0.2) is 9.55 Å². The highest BCUT2D eigenvalue weighted by molar-refractivity contribution is 5.37. The fraction of sp³-hybridized carbons (Fsp3) is 0.0625. The van der Waals surface area contributed by atoms with E-state index in [2.05, 4.69) is 4.98 Å². The quantitative estimate of drug-likeness (QED) is 0.719. The van der Waals surface area contributed by atoms with Crippen LogP contribution in [0.5, 0.6) is 11.5 Å². The van der Waals surface area contributed by atoms with E-state index in [4.69, 9.17) is 4.74 Å². The van der Waals surface area contributed by atoms with Crippen molar-refractivity contribution in [3.05, 3.63) is 72.2 Å². The van der Waals surface area contributed by atoms with Gasteiger partial charge in [-0.15, -0.1) is 0 Å². The summed E-state index contributed by atoms with van der Waals surface area (Å²) < 4.78 is 33.6. The van der Waals surface area contributed by atoms with E-state index in [1.807, 2.05) is 0 Å². The van der Waals surface area contributed by atoms with Crippen LogP contribution in [0.3, 0.4) is 0 Å². The standard InChI is InChI=1S/C16H12F2N2O/c1-11-2-3-13(8-15(11)18)21-14-4-6-19-16(9-14)20-7-5-12(17)10-20/h2-10H,1H3. The molecule has 0 spiro atoms. The number of benzene rings is 1. The Balaban J connectivity index is 1.87. The van der Waals surface area contributed by atoms with E-state index in [1.165, 1.54) is 22.9 Å². The van der Waals surface area contributed by atoms with Gasteiger partial charge < -0.3 is 9.30 Å². The van der Waals surface area contributed by atoms with Gasteiger partial charge >= 0.3 is 0 Å². The average Bonchev–Trinajstić information content (AvgIpc) is 2.90. The summed E-state index contributed by atoms with van der Waals surface area (Å²) in [5, 5.41) is 0. The average molecular weight is 286 g/mol. The maximum absolute atomic E-state index is 13.5. The Kier molecular flexibility index (Phi) is 3.39. The zero-order valence-electron chi connectivity index (χ0n) is 11.3. The SMILES string of the molecule is Cc1ccc(Oc2ccnc(-n3ccc(F)c3)c2)cc1F. The Labute approximate surface area is 120 Å². The second-order valence-corrected chi connectivity index (χ2v) is 4.60. The molecule has 0 unspecified atom stereocenters. The van der Waals surface area contributed by atoms with Crippen molar-refractivity contribution in [1.29, 1.82) is 0 Å². The number of pyridine rings is 1. The first-order valence-electron chi connectivity index (χ1n) is 6.36. The molecule has 0 N–H and O–H groups in total. The highest BCUT2D eigenvalue weighted by Gasteiger charge is 2.05. The van der Waals surface area contributed by atoms with Crippen LogP contribution in [0.1, 0.15) is 5.56 Å². The molecule has 0 aliphatic heterocycles. The van der Waals surface area contributed by atoms with Gasteiger partial charge in [0.2, 0.25) is 0 Å². The largest absolute Gasteiger partial charge is 0.457 e. The molecule has 21 heavy (non-hydrogen) atoms. The molecule has 2 heterocycles. The Bertz CT molecular complexity index is 783. The van der Waals surface area contributed by atoms with Gasteiger partial charge in [0.15, 0.2) is 0 Å². The van der Waals surface area contributed by atoms with Crippen LogP contribution in [-0.2, 0) is 0 Å². The van der Waals surface area contributed by atoms with Crippen molar-refractivity contribution < 1.29 is 13.5 Å². The fourth-order valence-electron chi connectivity index (χ4n) is 1.89. The second kappa shape index (κ2) is 5.36. The predicted molar refractivity (Wildman–Crippen MR) is 74.7 cm³/mol. The molecule has 0 aliphatic rings. The highest BCUT2D eigenvalue weighted by atomic mass is 19.1. The molecular formula is C16H12F2N2O. The van der Waals surface area contributed by atoms with E-state index in [0.29, 0.717) is 22.9 Å². The topological polar surface area (TPSA) is 27.1 Å². The summed E-state index contributed by atoms with van der Waals surface area (Å²) in [6, 6.07) is 9.30. The maximum Gasteiger partial charge on any atom is 0.141 e. The van der Waals surface area contributed by atoms with E-state index in [-0.39, 0.29) is 11.6 Å². The molecule has 106 valence electrons. The van der Waals surface area contributed by atoms with E-state index in [9.17, 15) is 8.78 Å². The fourth-order valence-corrected chi connectivity index (χ4v) is 1.89. The molecule has 0 atom stereocenters. The van der Waals surface area contributed by atoms with E-state index < -0.39 is 0 Å². The number of ether oxygens (including phenoxy) is 1. The van der Waals surface area contributed by atoms with Crippen molar-refractivity contribution in [1.82, 2.24) is 9.55 Å². The number of halogens is 2. The Morgan fingerprint density at radius 2 is 1.86 bits per heavy atom. The first-order chi connectivity index (χ1) is 10.1. The van der Waals surface area contributed by atoms with Crippen LogP contribution in [0.15, 0.2) is 55.0 Å². The van der Waals surface area contributed by atoms with Crippen molar-refractivity contribution >= 4 is 0 Å². The molecule has 5 heteroatoms. The molecule has 0 radical (unpaired) electrons. The molecule has 3 nitrogen and oxygen atoms in total. The third-order valence-corrected chi connectivity index (χ3v) is 3.02. The normalized spacial score (nSPS) is 10.6. The summed E-state index contributed by atoms with van der Waals surface area (Å²) in [5.41, 5.74) is 0.556. The lowest BCUT2D eigenvalue weighted by Gasteiger charge is -2.08. The van der Waals surface area contributed by atoms with Crippen LogP contribution < -0.4 is 4.74 Å². The smallest absolute Gasteiger partial charge is 0.141 e. The minimum Gasteiger partial charge on any atom is -0.457 e. The third kappa shape index (κ3) is 2.91. The molecule has 0 saturated carbocycles. The molecule has 0 saturated heterocycles. The summed E-state index contributed by atoms with van der Waals surface area (Å²) in [7, 11) is 0. The first kappa shape index (κ1) is 13.3. The van der Waals surface area contributed by atoms with Crippen molar-refractivity contribution in [2.45, 2.75) is 6.92 Å². The number of hydrogen-bond donors (Lipinski definition) is 0. The second-order valence-electron chi connectivity index (χ2n) is 4.60. The van der Waals surface area contributed by atoms with Crippen molar-refractivity contribution in [3.63, 3.8) is 0 Å². The summed E-state index contributed by atoms with van der Waals surface area (Å²) >= 11 is 0. The number of aryl methyl sites for hydroxylation is 1. The van der Waals surface area contributed by atoms with Gasteiger partial charge in [0.05, 0.1) is 0 Å². The number of hydrogen-bond acceptors (Lipinski definition) is 2. The number of aromatic nitrogens is 2. The van der Waals surface area contributed by atoms with Gasteiger partial charge in [-0.05, 0) is 30.7 Å². The summed E-state index contributed by atoms with van der Waals surface area (Å²) in [4.78, 5) is 4.14. The maximum atomic E-state index is 13.5. The van der Waals surface area contributed by atoms with Gasteiger partial charge in [-0.1, -0.05) is 6.07 Å². The Morgan fingerprint density at radius 1 is 1.05 bits per heavy atom. The van der Waals surface area contributed by atoms with Crippen LogP contribution >= 0.6 is 0 Å². The van der Waals surface area contributed by atoms with Gasteiger partial charge in [-0.3, -0.25) is 0 Å². The summed E-state index contributed by atoms with van der Waals surface area (Å²) in [6.07, 6.45) is 4.43. The van der Waals surface area contributed by atoms with E-state index >= 15 is 0 Å². The van der Waals surface area contributed by atoms with Gasteiger partial charge in [-0.25, -0.2) is 13.8 Å². The molecular weight excluding hydrogens is 274 g/mol. The zero-order valence-corrected chi connectivity index (χ0v) is 11.3. The zero-order chi connectivity index (χ0) is 14.8. The lowest BCUT2D eigenvalue weighted by atomic mass is 10.2. The van der Waals surface area contributed by atoms with Crippen molar-refractivity contribution in [2.24, 2.45) is 0 Å². The lowest BCUT2D eigenvalue weighted by molar-refractivity contribution is 0.475. The molecule has 0 fully saturated rings. The molecule has 3 rings (SSSR count).